The lowest BCUT2D eigenvalue weighted by atomic mass is 10.2. The lowest BCUT2D eigenvalue weighted by molar-refractivity contribution is 0.382. The highest BCUT2D eigenvalue weighted by Gasteiger charge is 2.29. The van der Waals surface area contributed by atoms with Gasteiger partial charge in [0.05, 0.1) is 4.90 Å². The Morgan fingerprint density at radius 1 is 0.867 bits per heavy atom. The van der Waals surface area contributed by atoms with Crippen molar-refractivity contribution in [2.45, 2.75) is 18.7 Å². The molecule has 2 heterocycles. The van der Waals surface area contributed by atoms with Crippen LogP contribution >= 0.6 is 0 Å². The van der Waals surface area contributed by atoms with Crippen LogP contribution in [0.25, 0.3) is 0 Å². The van der Waals surface area contributed by atoms with E-state index in [0.717, 1.165) is 17.2 Å². The van der Waals surface area contributed by atoms with Crippen LogP contribution in [-0.4, -0.2) is 48.9 Å². The third-order valence-electron chi connectivity index (χ3n) is 5.07. The molecule has 1 saturated heterocycles. The number of aryl methyl sites for hydroxylation is 2. The van der Waals surface area contributed by atoms with Crippen LogP contribution in [0, 0.1) is 13.8 Å². The Balaban J connectivity index is 1.47. The Bertz CT molecular complexity index is 1110. The lowest BCUT2D eigenvalue weighted by Gasteiger charge is -2.34. The molecule has 0 saturated carbocycles. The molecule has 1 aliphatic rings. The number of rotatable bonds is 5. The summed E-state index contributed by atoms with van der Waals surface area (Å²) in [6, 6.07) is 18.6. The maximum absolute atomic E-state index is 12.8. The van der Waals surface area contributed by atoms with Gasteiger partial charge in [-0.3, -0.25) is 0 Å². The van der Waals surface area contributed by atoms with E-state index in [0.29, 0.717) is 37.0 Å². The van der Waals surface area contributed by atoms with Crippen LogP contribution in [-0.2, 0) is 10.0 Å². The Morgan fingerprint density at radius 2 is 1.53 bits per heavy atom. The fourth-order valence-electron chi connectivity index (χ4n) is 3.41. The molecule has 30 heavy (non-hydrogen) atoms. The van der Waals surface area contributed by atoms with Gasteiger partial charge >= 0.3 is 0 Å². The van der Waals surface area contributed by atoms with Crippen LogP contribution in [0.1, 0.15) is 11.3 Å². The first-order chi connectivity index (χ1) is 14.4. The van der Waals surface area contributed by atoms with E-state index >= 15 is 0 Å². The zero-order chi connectivity index (χ0) is 21.1. The smallest absolute Gasteiger partial charge is 0.243 e. The van der Waals surface area contributed by atoms with Crippen LogP contribution in [0.4, 0.5) is 17.5 Å². The number of benzene rings is 2. The predicted octanol–water partition coefficient (Wildman–Crippen LogP) is 3.35. The molecular formula is C22H25N5O2S. The topological polar surface area (TPSA) is 78.4 Å². The highest BCUT2D eigenvalue weighted by atomic mass is 32.2. The van der Waals surface area contributed by atoms with E-state index in [9.17, 15) is 8.42 Å². The molecule has 0 atom stereocenters. The monoisotopic (exact) mass is 423 g/mol. The summed E-state index contributed by atoms with van der Waals surface area (Å²) in [5.74, 6) is 1.34. The summed E-state index contributed by atoms with van der Waals surface area (Å²) < 4.78 is 27.2. The van der Waals surface area contributed by atoms with Crippen molar-refractivity contribution in [2.24, 2.45) is 0 Å². The lowest BCUT2D eigenvalue weighted by Crippen LogP contribution is -2.49. The Morgan fingerprint density at radius 3 is 2.20 bits per heavy atom. The van der Waals surface area contributed by atoms with E-state index in [1.807, 2.05) is 55.1 Å². The summed E-state index contributed by atoms with van der Waals surface area (Å²) in [6.45, 7) is 5.86. The molecule has 0 spiro atoms. The number of nitrogens with zero attached hydrogens (tertiary/aromatic N) is 4. The van der Waals surface area contributed by atoms with Crippen molar-refractivity contribution in [3.8, 4) is 0 Å². The Kier molecular flexibility index (Phi) is 5.69. The quantitative estimate of drug-likeness (QED) is 0.678. The number of anilines is 3. The van der Waals surface area contributed by atoms with E-state index in [-0.39, 0.29) is 0 Å². The van der Waals surface area contributed by atoms with Gasteiger partial charge in [-0.05, 0) is 38.1 Å². The van der Waals surface area contributed by atoms with Gasteiger partial charge in [-0.2, -0.15) is 9.29 Å². The van der Waals surface area contributed by atoms with E-state index < -0.39 is 10.0 Å². The van der Waals surface area contributed by atoms with Crippen LogP contribution in [0.15, 0.2) is 65.6 Å². The number of hydrogen-bond acceptors (Lipinski definition) is 6. The molecule has 0 radical (unpaired) electrons. The van der Waals surface area contributed by atoms with Crippen molar-refractivity contribution in [1.29, 1.82) is 0 Å². The summed E-state index contributed by atoms with van der Waals surface area (Å²) in [4.78, 5) is 11.6. The van der Waals surface area contributed by atoms with Gasteiger partial charge in [0.1, 0.15) is 5.82 Å². The average molecular weight is 424 g/mol. The molecular weight excluding hydrogens is 398 g/mol. The fraction of sp³-hybridized carbons (Fsp3) is 0.273. The minimum Gasteiger partial charge on any atom is -0.340 e. The summed E-state index contributed by atoms with van der Waals surface area (Å²) in [6.07, 6.45) is 0. The zero-order valence-electron chi connectivity index (χ0n) is 17.1. The van der Waals surface area contributed by atoms with Gasteiger partial charge < -0.3 is 10.2 Å². The van der Waals surface area contributed by atoms with Crippen molar-refractivity contribution in [3.63, 3.8) is 0 Å². The van der Waals surface area contributed by atoms with Crippen molar-refractivity contribution < 1.29 is 8.42 Å². The first kappa shape index (κ1) is 20.3. The second-order valence-electron chi connectivity index (χ2n) is 7.39. The maximum atomic E-state index is 12.8. The van der Waals surface area contributed by atoms with Crippen LogP contribution in [0.2, 0.25) is 0 Å². The maximum Gasteiger partial charge on any atom is 0.243 e. The molecule has 0 bridgehead atoms. The number of hydrogen-bond donors (Lipinski definition) is 1. The van der Waals surface area contributed by atoms with Gasteiger partial charge in [-0.25, -0.2) is 13.4 Å². The first-order valence-corrected chi connectivity index (χ1v) is 11.4. The largest absolute Gasteiger partial charge is 0.340 e. The minimum absolute atomic E-state index is 0.329. The van der Waals surface area contributed by atoms with E-state index in [2.05, 4.69) is 15.3 Å². The van der Waals surface area contributed by atoms with E-state index in [4.69, 9.17) is 0 Å². The summed E-state index contributed by atoms with van der Waals surface area (Å²) in [5, 5.41) is 3.32. The molecule has 1 fully saturated rings. The van der Waals surface area contributed by atoms with E-state index in [1.165, 1.54) is 9.87 Å². The summed E-state index contributed by atoms with van der Waals surface area (Å²) in [5.41, 5.74) is 3.01. The summed E-state index contributed by atoms with van der Waals surface area (Å²) in [7, 11) is -3.47. The third-order valence-corrected chi connectivity index (χ3v) is 6.98. The van der Waals surface area contributed by atoms with Crippen LogP contribution in [0.5, 0.6) is 0 Å². The highest BCUT2D eigenvalue weighted by molar-refractivity contribution is 7.89. The van der Waals surface area contributed by atoms with Crippen molar-refractivity contribution in [3.05, 3.63) is 71.9 Å². The van der Waals surface area contributed by atoms with Crippen LogP contribution < -0.4 is 10.2 Å². The van der Waals surface area contributed by atoms with E-state index in [1.54, 1.807) is 24.3 Å². The van der Waals surface area contributed by atoms with Gasteiger partial charge in [-0.1, -0.05) is 35.9 Å². The molecule has 7 nitrogen and oxygen atoms in total. The standard InChI is InChI=1S/C22H25N5O2S/c1-17-8-10-19(11-9-17)24-21-16-18(2)23-22(25-21)26-12-14-27(15-13-26)30(28,29)20-6-4-3-5-7-20/h3-11,16H,12-15H2,1-2H3,(H,23,24,25). The number of piperazine rings is 1. The van der Waals surface area contributed by atoms with Gasteiger partial charge in [0.2, 0.25) is 16.0 Å². The Labute approximate surface area is 177 Å². The third kappa shape index (κ3) is 4.44. The first-order valence-electron chi connectivity index (χ1n) is 9.91. The highest BCUT2D eigenvalue weighted by Crippen LogP contribution is 2.22. The molecule has 1 aromatic heterocycles. The molecule has 2 aromatic carbocycles. The zero-order valence-corrected chi connectivity index (χ0v) is 17.9. The molecule has 4 rings (SSSR count). The molecule has 1 aliphatic heterocycles. The van der Waals surface area contributed by atoms with Crippen molar-refractivity contribution in [2.75, 3.05) is 36.4 Å². The van der Waals surface area contributed by atoms with Gasteiger partial charge in [0.25, 0.3) is 0 Å². The number of nitrogens with one attached hydrogen (secondary N) is 1. The second-order valence-corrected chi connectivity index (χ2v) is 9.33. The van der Waals surface area contributed by atoms with Gasteiger partial charge in [0, 0.05) is 43.6 Å². The van der Waals surface area contributed by atoms with Gasteiger partial charge in [-0.15, -0.1) is 0 Å². The molecule has 0 amide bonds. The Hall–Kier alpha value is -2.97. The average Bonchev–Trinajstić information content (AvgIpc) is 2.76. The second kappa shape index (κ2) is 8.41. The number of sulfonamides is 1. The molecule has 156 valence electrons. The molecule has 0 unspecified atom stereocenters. The predicted molar refractivity (Wildman–Crippen MR) is 119 cm³/mol. The number of aromatic nitrogens is 2. The summed E-state index contributed by atoms with van der Waals surface area (Å²) >= 11 is 0. The molecule has 3 aromatic rings. The minimum atomic E-state index is -3.47. The van der Waals surface area contributed by atoms with Gasteiger partial charge in [0.15, 0.2) is 0 Å². The van der Waals surface area contributed by atoms with Crippen molar-refractivity contribution in [1.82, 2.24) is 14.3 Å². The normalized spacial score (nSPS) is 15.2. The SMILES string of the molecule is Cc1ccc(Nc2cc(C)nc(N3CCN(S(=O)(=O)c4ccccc4)CC3)n2)cc1. The fourth-order valence-corrected chi connectivity index (χ4v) is 4.86. The molecule has 0 aliphatic carbocycles. The van der Waals surface area contributed by atoms with Crippen LogP contribution in [0.3, 0.4) is 0 Å². The molecule has 1 N–H and O–H groups in total. The molecule has 8 heteroatoms. The van der Waals surface area contributed by atoms with Crippen molar-refractivity contribution >= 4 is 27.5 Å².